The number of benzene rings is 1. The molecule has 1 N–H and O–H groups in total. The van der Waals surface area contributed by atoms with Crippen LogP contribution in [0, 0.1) is 0 Å². The SMILES string of the molecule is CN=C(NCCc1nc(-c2ccc(Cl)cc2)no1)N1CCN(Cc2ccon2)CC1.I. The van der Waals surface area contributed by atoms with E-state index in [2.05, 4.69) is 35.4 Å². The van der Waals surface area contributed by atoms with E-state index in [4.69, 9.17) is 20.6 Å². The van der Waals surface area contributed by atoms with E-state index in [1.165, 1.54) is 0 Å². The summed E-state index contributed by atoms with van der Waals surface area (Å²) >= 11 is 5.92. The Morgan fingerprint density at radius 1 is 1.13 bits per heavy atom. The number of halogens is 2. The molecule has 4 rings (SSSR count). The molecule has 1 saturated heterocycles. The Morgan fingerprint density at radius 3 is 2.58 bits per heavy atom. The fourth-order valence-electron chi connectivity index (χ4n) is 3.35. The zero-order chi connectivity index (χ0) is 20.8. The van der Waals surface area contributed by atoms with Crippen molar-refractivity contribution in [1.82, 2.24) is 30.4 Å². The maximum absolute atomic E-state index is 5.92. The van der Waals surface area contributed by atoms with Crippen LogP contribution in [0.5, 0.6) is 0 Å². The molecule has 1 aromatic carbocycles. The van der Waals surface area contributed by atoms with E-state index >= 15 is 0 Å². The molecule has 9 nitrogen and oxygen atoms in total. The van der Waals surface area contributed by atoms with Gasteiger partial charge in [0, 0.05) is 69.4 Å². The van der Waals surface area contributed by atoms with Crippen LogP contribution in [0.4, 0.5) is 0 Å². The Hall–Kier alpha value is -2.18. The lowest BCUT2D eigenvalue weighted by Crippen LogP contribution is -2.52. The van der Waals surface area contributed by atoms with Crippen LogP contribution in [0.1, 0.15) is 11.6 Å². The Morgan fingerprint density at radius 2 is 1.90 bits per heavy atom. The number of aliphatic imine (C=N–C) groups is 1. The van der Waals surface area contributed by atoms with Crippen molar-refractivity contribution in [2.75, 3.05) is 39.8 Å². The number of aromatic nitrogens is 3. The average molecular weight is 558 g/mol. The highest BCUT2D eigenvalue weighted by Crippen LogP contribution is 2.18. The Balaban J connectivity index is 0.00000272. The second-order valence-electron chi connectivity index (χ2n) is 7.00. The zero-order valence-electron chi connectivity index (χ0n) is 17.2. The van der Waals surface area contributed by atoms with Crippen molar-refractivity contribution < 1.29 is 9.05 Å². The first-order chi connectivity index (χ1) is 14.7. The van der Waals surface area contributed by atoms with Gasteiger partial charge in [0.15, 0.2) is 5.96 Å². The summed E-state index contributed by atoms with van der Waals surface area (Å²) < 4.78 is 10.3. The molecule has 0 radical (unpaired) electrons. The summed E-state index contributed by atoms with van der Waals surface area (Å²) in [5.74, 6) is 2.03. The van der Waals surface area contributed by atoms with E-state index in [1.807, 2.05) is 30.3 Å². The monoisotopic (exact) mass is 557 g/mol. The van der Waals surface area contributed by atoms with Gasteiger partial charge in [0.2, 0.25) is 11.7 Å². The van der Waals surface area contributed by atoms with Gasteiger partial charge in [0.05, 0.1) is 5.69 Å². The van der Waals surface area contributed by atoms with Gasteiger partial charge in [-0.05, 0) is 24.3 Å². The normalized spacial score (nSPS) is 15.0. The molecule has 0 unspecified atom stereocenters. The van der Waals surface area contributed by atoms with Gasteiger partial charge in [-0.3, -0.25) is 9.89 Å². The first-order valence-electron chi connectivity index (χ1n) is 9.87. The van der Waals surface area contributed by atoms with Gasteiger partial charge in [-0.1, -0.05) is 21.9 Å². The number of hydrogen-bond donors (Lipinski definition) is 1. The lowest BCUT2D eigenvalue weighted by molar-refractivity contribution is 0.169. The predicted molar refractivity (Wildman–Crippen MR) is 129 cm³/mol. The van der Waals surface area contributed by atoms with Gasteiger partial charge < -0.3 is 19.3 Å². The molecule has 3 aromatic rings. The van der Waals surface area contributed by atoms with E-state index in [0.29, 0.717) is 29.7 Å². The minimum Gasteiger partial charge on any atom is -0.364 e. The summed E-state index contributed by atoms with van der Waals surface area (Å²) in [6.07, 6.45) is 2.23. The van der Waals surface area contributed by atoms with Crippen molar-refractivity contribution in [3.8, 4) is 11.4 Å². The summed E-state index contributed by atoms with van der Waals surface area (Å²) in [6, 6.07) is 9.27. The van der Waals surface area contributed by atoms with E-state index in [1.54, 1.807) is 13.3 Å². The minimum absolute atomic E-state index is 0. The number of piperazine rings is 1. The Labute approximate surface area is 202 Å². The van der Waals surface area contributed by atoms with Gasteiger partial charge >= 0.3 is 0 Å². The third-order valence-corrected chi connectivity index (χ3v) is 5.20. The van der Waals surface area contributed by atoms with Gasteiger partial charge in [-0.15, -0.1) is 24.0 Å². The van der Waals surface area contributed by atoms with Gasteiger partial charge in [-0.25, -0.2) is 0 Å². The minimum atomic E-state index is 0. The van der Waals surface area contributed by atoms with Gasteiger partial charge in [0.25, 0.3) is 0 Å². The van der Waals surface area contributed by atoms with E-state index in [-0.39, 0.29) is 24.0 Å². The summed E-state index contributed by atoms with van der Waals surface area (Å²) in [7, 11) is 1.80. The molecule has 11 heteroatoms. The highest BCUT2D eigenvalue weighted by Gasteiger charge is 2.20. The molecular weight excluding hydrogens is 533 g/mol. The molecular formula is C20H25ClIN7O2. The van der Waals surface area contributed by atoms with Crippen molar-refractivity contribution >= 4 is 41.5 Å². The summed E-state index contributed by atoms with van der Waals surface area (Å²) in [4.78, 5) is 13.5. The smallest absolute Gasteiger partial charge is 0.228 e. The lowest BCUT2D eigenvalue weighted by atomic mass is 10.2. The molecule has 0 amide bonds. The summed E-state index contributed by atoms with van der Waals surface area (Å²) in [5, 5.41) is 12.1. The molecule has 0 bridgehead atoms. The molecule has 3 heterocycles. The van der Waals surface area contributed by atoms with Crippen molar-refractivity contribution in [3.05, 3.63) is 53.2 Å². The number of rotatable bonds is 6. The maximum Gasteiger partial charge on any atom is 0.228 e. The molecule has 1 aliphatic heterocycles. The first-order valence-corrected chi connectivity index (χ1v) is 10.2. The van der Waals surface area contributed by atoms with E-state index in [0.717, 1.165) is 49.9 Å². The average Bonchev–Trinajstić information content (AvgIpc) is 3.45. The molecule has 166 valence electrons. The van der Waals surface area contributed by atoms with E-state index < -0.39 is 0 Å². The highest BCUT2D eigenvalue weighted by molar-refractivity contribution is 14.0. The van der Waals surface area contributed by atoms with Crippen molar-refractivity contribution in [2.45, 2.75) is 13.0 Å². The molecule has 0 aliphatic carbocycles. The number of nitrogens with zero attached hydrogens (tertiary/aromatic N) is 6. The van der Waals surface area contributed by atoms with Crippen LogP contribution in [0.2, 0.25) is 5.02 Å². The lowest BCUT2D eigenvalue weighted by Gasteiger charge is -2.36. The van der Waals surface area contributed by atoms with Crippen LogP contribution >= 0.6 is 35.6 Å². The van der Waals surface area contributed by atoms with Gasteiger partial charge in [0.1, 0.15) is 6.26 Å². The zero-order valence-corrected chi connectivity index (χ0v) is 20.3. The third kappa shape index (κ3) is 6.40. The van der Waals surface area contributed by atoms with Crippen molar-refractivity contribution in [2.24, 2.45) is 4.99 Å². The Kier molecular flexibility index (Phi) is 8.67. The fraction of sp³-hybridized carbons (Fsp3) is 0.400. The first kappa shape index (κ1) is 23.5. The molecule has 1 fully saturated rings. The summed E-state index contributed by atoms with van der Waals surface area (Å²) in [6.45, 7) is 5.17. The van der Waals surface area contributed by atoms with Crippen molar-refractivity contribution in [1.29, 1.82) is 0 Å². The van der Waals surface area contributed by atoms with Crippen molar-refractivity contribution in [3.63, 3.8) is 0 Å². The Bertz CT molecular complexity index is 954. The van der Waals surface area contributed by atoms with Gasteiger partial charge in [-0.2, -0.15) is 4.98 Å². The number of guanidine groups is 1. The summed E-state index contributed by atoms with van der Waals surface area (Å²) in [5.41, 5.74) is 1.84. The van der Waals surface area contributed by atoms with Crippen LogP contribution in [0.25, 0.3) is 11.4 Å². The van der Waals surface area contributed by atoms with Crippen LogP contribution in [0.3, 0.4) is 0 Å². The van der Waals surface area contributed by atoms with Crippen LogP contribution < -0.4 is 5.32 Å². The predicted octanol–water partition coefficient (Wildman–Crippen LogP) is 2.93. The second kappa shape index (κ2) is 11.4. The van der Waals surface area contributed by atoms with E-state index in [9.17, 15) is 0 Å². The standard InChI is InChI=1S/C20H24ClN7O2.HI/c1-22-20(28-11-9-27(10-12-28)14-17-7-13-29-25-17)23-8-6-18-24-19(26-30-18)15-2-4-16(21)5-3-15;/h2-5,7,13H,6,8-12,14H2,1H3,(H,22,23);1H. The van der Waals surface area contributed by atoms with Crippen LogP contribution in [0.15, 0.2) is 50.6 Å². The quantitative estimate of drug-likeness (QED) is 0.281. The number of hydrogen-bond acceptors (Lipinski definition) is 7. The molecule has 1 aliphatic rings. The largest absolute Gasteiger partial charge is 0.364 e. The van der Waals surface area contributed by atoms with Crippen LogP contribution in [-0.4, -0.2) is 70.8 Å². The molecule has 0 spiro atoms. The number of nitrogens with one attached hydrogen (secondary N) is 1. The second-order valence-corrected chi connectivity index (χ2v) is 7.43. The fourth-order valence-corrected chi connectivity index (χ4v) is 3.48. The van der Waals surface area contributed by atoms with Crippen LogP contribution in [-0.2, 0) is 13.0 Å². The highest BCUT2D eigenvalue weighted by atomic mass is 127. The topological polar surface area (TPSA) is 95.8 Å². The molecule has 0 saturated carbocycles. The molecule has 0 atom stereocenters. The molecule has 31 heavy (non-hydrogen) atoms. The maximum atomic E-state index is 5.92. The molecule has 2 aromatic heterocycles. The third-order valence-electron chi connectivity index (χ3n) is 4.95.